The first kappa shape index (κ1) is 15.8. The molecule has 3 N–H and O–H groups in total. The van der Waals surface area contributed by atoms with Gasteiger partial charge < -0.3 is 11.1 Å². The van der Waals surface area contributed by atoms with Crippen molar-refractivity contribution in [1.29, 1.82) is 0 Å². The van der Waals surface area contributed by atoms with Crippen LogP contribution in [0.3, 0.4) is 0 Å². The van der Waals surface area contributed by atoms with E-state index < -0.39 is 0 Å². The van der Waals surface area contributed by atoms with Crippen molar-refractivity contribution in [2.75, 3.05) is 11.5 Å². The number of hydrogen-bond acceptors (Lipinski definition) is 6. The van der Waals surface area contributed by atoms with Crippen molar-refractivity contribution in [2.24, 2.45) is 0 Å². The molecule has 0 aliphatic rings. The summed E-state index contributed by atoms with van der Waals surface area (Å²) in [5.41, 5.74) is 6.65. The maximum absolute atomic E-state index is 12.1. The topological polar surface area (TPSA) is 80.9 Å². The number of rotatable bonds is 7. The molecule has 1 unspecified atom stereocenters. The second-order valence-electron chi connectivity index (χ2n) is 4.51. The summed E-state index contributed by atoms with van der Waals surface area (Å²) in [5, 5.41) is 11.1. The number of nitrogen functional groups attached to an aromatic ring is 1. The summed E-state index contributed by atoms with van der Waals surface area (Å²) in [6, 6.07) is 10.1. The van der Waals surface area contributed by atoms with E-state index in [4.69, 9.17) is 5.73 Å². The van der Waals surface area contributed by atoms with Crippen LogP contribution in [0.5, 0.6) is 0 Å². The molecule has 21 heavy (non-hydrogen) atoms. The highest BCUT2D eigenvalue weighted by Gasteiger charge is 2.14. The Kier molecular flexibility index (Phi) is 6.01. The molecule has 1 amide bonds. The highest BCUT2D eigenvalue weighted by Crippen LogP contribution is 2.24. The molecule has 1 aromatic carbocycles. The lowest BCUT2D eigenvalue weighted by atomic mass is 10.0. The van der Waals surface area contributed by atoms with E-state index in [1.54, 1.807) is 0 Å². The minimum atomic E-state index is -0.00363. The van der Waals surface area contributed by atoms with Crippen molar-refractivity contribution in [1.82, 2.24) is 15.5 Å². The van der Waals surface area contributed by atoms with Gasteiger partial charge >= 0.3 is 0 Å². The number of anilines is 1. The van der Waals surface area contributed by atoms with E-state index in [0.717, 1.165) is 22.7 Å². The molecule has 0 aliphatic heterocycles. The lowest BCUT2D eigenvalue weighted by Gasteiger charge is -2.18. The maximum atomic E-state index is 12.1. The monoisotopic (exact) mass is 322 g/mol. The summed E-state index contributed by atoms with van der Waals surface area (Å²) in [7, 11) is 0. The summed E-state index contributed by atoms with van der Waals surface area (Å²) in [6.07, 6.45) is 1.94. The molecule has 2 rings (SSSR count). The quantitative estimate of drug-likeness (QED) is 0.766. The first-order valence-corrected chi connectivity index (χ1v) is 8.55. The fraction of sp³-hybridized carbons (Fsp3) is 0.357. The summed E-state index contributed by atoms with van der Waals surface area (Å²) >= 11 is 2.65. The third-order valence-electron chi connectivity index (χ3n) is 2.86. The molecule has 0 bridgehead atoms. The van der Waals surface area contributed by atoms with Gasteiger partial charge in [-0.05, 0) is 12.0 Å². The van der Waals surface area contributed by atoms with Gasteiger partial charge in [0.1, 0.15) is 0 Å². The average Bonchev–Trinajstić information content (AvgIpc) is 2.91. The fourth-order valence-electron chi connectivity index (χ4n) is 1.94. The van der Waals surface area contributed by atoms with Gasteiger partial charge in [0.2, 0.25) is 11.0 Å². The van der Waals surface area contributed by atoms with Crippen LogP contribution >= 0.6 is 23.1 Å². The SMILES string of the molecule is CCCC(NC(=O)CSc1nnc(N)s1)c1ccccc1. The smallest absolute Gasteiger partial charge is 0.230 e. The fourth-order valence-corrected chi connectivity index (χ4v) is 3.39. The molecular weight excluding hydrogens is 304 g/mol. The normalized spacial score (nSPS) is 12.0. The Labute approximate surface area is 132 Å². The summed E-state index contributed by atoms with van der Waals surface area (Å²) in [4.78, 5) is 12.1. The molecule has 0 saturated carbocycles. The van der Waals surface area contributed by atoms with Gasteiger partial charge in [0.05, 0.1) is 11.8 Å². The molecule has 5 nitrogen and oxygen atoms in total. The number of carbonyl (C=O) groups is 1. The zero-order valence-corrected chi connectivity index (χ0v) is 13.4. The van der Waals surface area contributed by atoms with E-state index in [9.17, 15) is 4.79 Å². The number of nitrogens with zero attached hydrogens (tertiary/aromatic N) is 2. The van der Waals surface area contributed by atoms with E-state index in [1.807, 2.05) is 30.3 Å². The predicted molar refractivity (Wildman–Crippen MR) is 87.3 cm³/mol. The number of amides is 1. The number of nitrogens with two attached hydrogens (primary N) is 1. The minimum Gasteiger partial charge on any atom is -0.374 e. The Hall–Kier alpha value is -1.60. The van der Waals surface area contributed by atoms with E-state index in [1.165, 1.54) is 23.1 Å². The summed E-state index contributed by atoms with van der Waals surface area (Å²) in [6.45, 7) is 2.11. The van der Waals surface area contributed by atoms with Crippen LogP contribution in [0.1, 0.15) is 31.4 Å². The molecule has 0 spiro atoms. The second-order valence-corrected chi connectivity index (χ2v) is 6.75. The number of thioether (sulfide) groups is 1. The number of benzene rings is 1. The van der Waals surface area contributed by atoms with E-state index in [0.29, 0.717) is 10.9 Å². The Morgan fingerprint density at radius 3 is 2.76 bits per heavy atom. The summed E-state index contributed by atoms with van der Waals surface area (Å²) in [5.74, 6) is 0.317. The van der Waals surface area contributed by atoms with Crippen LogP contribution in [-0.4, -0.2) is 21.9 Å². The van der Waals surface area contributed by atoms with Gasteiger partial charge in [-0.2, -0.15) is 0 Å². The van der Waals surface area contributed by atoms with Crippen LogP contribution in [0.4, 0.5) is 5.13 Å². The van der Waals surface area contributed by atoms with E-state index >= 15 is 0 Å². The average molecular weight is 322 g/mol. The number of carbonyl (C=O) groups excluding carboxylic acids is 1. The Morgan fingerprint density at radius 1 is 1.38 bits per heavy atom. The van der Waals surface area contributed by atoms with Crippen LogP contribution in [0.15, 0.2) is 34.7 Å². The van der Waals surface area contributed by atoms with Gasteiger partial charge in [0.25, 0.3) is 0 Å². The maximum Gasteiger partial charge on any atom is 0.230 e. The number of nitrogens with one attached hydrogen (secondary N) is 1. The molecule has 2 aromatic rings. The van der Waals surface area contributed by atoms with Gasteiger partial charge in [-0.3, -0.25) is 4.79 Å². The van der Waals surface area contributed by atoms with Gasteiger partial charge in [-0.25, -0.2) is 0 Å². The molecular formula is C14H18N4OS2. The molecule has 0 radical (unpaired) electrons. The zero-order chi connectivity index (χ0) is 15.1. The van der Waals surface area contributed by atoms with Crippen molar-refractivity contribution in [2.45, 2.75) is 30.1 Å². The predicted octanol–water partition coefficient (Wildman–Crippen LogP) is 2.87. The lowest BCUT2D eigenvalue weighted by molar-refractivity contribution is -0.119. The standard InChI is InChI=1S/C14H18N4OS2/c1-2-6-11(10-7-4-3-5-8-10)16-12(19)9-20-14-18-17-13(15)21-14/h3-5,7-8,11H,2,6,9H2,1H3,(H2,15,17)(H,16,19). The minimum absolute atomic E-state index is 0.00363. The van der Waals surface area contributed by atoms with Crippen molar-refractivity contribution in [3.63, 3.8) is 0 Å². The molecule has 1 aromatic heterocycles. The molecule has 112 valence electrons. The van der Waals surface area contributed by atoms with E-state index in [-0.39, 0.29) is 11.9 Å². The largest absolute Gasteiger partial charge is 0.374 e. The third-order valence-corrected chi connectivity index (χ3v) is 4.75. The van der Waals surface area contributed by atoms with Gasteiger partial charge in [0, 0.05) is 0 Å². The molecule has 1 heterocycles. The van der Waals surface area contributed by atoms with Crippen molar-refractivity contribution >= 4 is 34.1 Å². The lowest BCUT2D eigenvalue weighted by Crippen LogP contribution is -2.29. The van der Waals surface area contributed by atoms with Crippen LogP contribution in [-0.2, 0) is 4.79 Å². The second kappa shape index (κ2) is 7.99. The van der Waals surface area contributed by atoms with Gasteiger partial charge in [0.15, 0.2) is 4.34 Å². The Bertz CT molecular complexity index is 573. The molecule has 0 fully saturated rings. The third kappa shape index (κ3) is 5.02. The highest BCUT2D eigenvalue weighted by atomic mass is 32.2. The Morgan fingerprint density at radius 2 is 2.14 bits per heavy atom. The van der Waals surface area contributed by atoms with E-state index in [2.05, 4.69) is 22.4 Å². The molecule has 0 aliphatic carbocycles. The zero-order valence-electron chi connectivity index (χ0n) is 11.8. The highest BCUT2D eigenvalue weighted by molar-refractivity contribution is 8.01. The van der Waals surface area contributed by atoms with Crippen molar-refractivity contribution in [3.8, 4) is 0 Å². The van der Waals surface area contributed by atoms with Crippen molar-refractivity contribution in [3.05, 3.63) is 35.9 Å². The first-order valence-electron chi connectivity index (χ1n) is 6.75. The first-order chi connectivity index (χ1) is 10.2. The number of aromatic nitrogens is 2. The molecule has 7 heteroatoms. The van der Waals surface area contributed by atoms with Crippen LogP contribution < -0.4 is 11.1 Å². The number of hydrogen-bond donors (Lipinski definition) is 2. The van der Waals surface area contributed by atoms with Crippen molar-refractivity contribution < 1.29 is 4.79 Å². The molecule has 0 saturated heterocycles. The van der Waals surface area contributed by atoms with Crippen LogP contribution in [0.25, 0.3) is 0 Å². The van der Waals surface area contributed by atoms with Crippen LogP contribution in [0.2, 0.25) is 0 Å². The summed E-state index contributed by atoms with van der Waals surface area (Å²) < 4.78 is 0.717. The van der Waals surface area contributed by atoms with Crippen LogP contribution in [0, 0.1) is 0 Å². The molecule has 1 atom stereocenters. The van der Waals surface area contributed by atoms with Gasteiger partial charge in [-0.15, -0.1) is 10.2 Å². The Balaban J connectivity index is 1.89. The van der Waals surface area contributed by atoms with Gasteiger partial charge in [-0.1, -0.05) is 66.8 Å².